The largest absolute Gasteiger partial charge is 0.497 e. The number of fused-ring (bicyclic) bond motifs is 1. The summed E-state index contributed by atoms with van der Waals surface area (Å²) in [4.78, 5) is 21.6. The summed E-state index contributed by atoms with van der Waals surface area (Å²) in [6, 6.07) is 21.6. The van der Waals surface area contributed by atoms with E-state index in [0.717, 1.165) is 27.8 Å². The van der Waals surface area contributed by atoms with E-state index in [0.29, 0.717) is 16.9 Å². The first kappa shape index (κ1) is 19.6. The fourth-order valence-electron chi connectivity index (χ4n) is 3.43. The third kappa shape index (κ3) is 4.01. The van der Waals surface area contributed by atoms with Crippen LogP contribution in [0.1, 0.15) is 34.6 Å². The number of methoxy groups -OCH3 is 1. The minimum Gasteiger partial charge on any atom is -0.497 e. The Morgan fingerprint density at radius 2 is 1.67 bits per heavy atom. The lowest BCUT2D eigenvalue weighted by Gasteiger charge is -2.16. The number of hydrogen-bond acceptors (Lipinski definition) is 4. The number of pyridine rings is 2. The number of aromatic nitrogens is 2. The number of nitrogens with one attached hydrogen (secondary N) is 1. The van der Waals surface area contributed by atoms with Crippen LogP contribution in [0, 0.1) is 6.92 Å². The molecular formula is C25H23N3O2. The van der Waals surface area contributed by atoms with Crippen LogP contribution in [-0.2, 0) is 0 Å². The van der Waals surface area contributed by atoms with E-state index in [2.05, 4.69) is 27.4 Å². The summed E-state index contributed by atoms with van der Waals surface area (Å²) in [5.74, 6) is 0.693. The maximum atomic E-state index is 12.9. The van der Waals surface area contributed by atoms with Gasteiger partial charge in [0.15, 0.2) is 5.65 Å². The quantitative estimate of drug-likeness (QED) is 0.509. The highest BCUT2D eigenvalue weighted by atomic mass is 16.5. The zero-order valence-electron chi connectivity index (χ0n) is 17.2. The van der Waals surface area contributed by atoms with E-state index in [-0.39, 0.29) is 11.9 Å². The molecule has 0 fully saturated rings. The third-order valence-electron chi connectivity index (χ3n) is 5.21. The van der Waals surface area contributed by atoms with Crippen LogP contribution in [0.3, 0.4) is 0 Å². The Hall–Kier alpha value is -3.73. The zero-order valence-corrected chi connectivity index (χ0v) is 17.2. The fraction of sp³-hybridized carbons (Fsp3) is 0.160. The molecule has 1 unspecified atom stereocenters. The highest BCUT2D eigenvalue weighted by molar-refractivity contribution is 5.98. The minimum atomic E-state index is -0.141. The van der Waals surface area contributed by atoms with Crippen molar-refractivity contribution in [2.24, 2.45) is 0 Å². The first-order valence-electron chi connectivity index (χ1n) is 9.83. The number of carbonyl (C=O) groups excluding carboxylic acids is 1. The van der Waals surface area contributed by atoms with Crippen molar-refractivity contribution < 1.29 is 9.53 Å². The van der Waals surface area contributed by atoms with Gasteiger partial charge in [0, 0.05) is 11.6 Å². The Bertz CT molecular complexity index is 1190. The number of rotatable bonds is 5. The van der Waals surface area contributed by atoms with Gasteiger partial charge in [-0.25, -0.2) is 9.97 Å². The second-order valence-electron chi connectivity index (χ2n) is 7.22. The summed E-state index contributed by atoms with van der Waals surface area (Å²) in [5, 5.41) is 3.93. The highest BCUT2D eigenvalue weighted by Crippen LogP contribution is 2.24. The van der Waals surface area contributed by atoms with Crippen LogP contribution in [0.5, 0.6) is 5.75 Å². The molecule has 0 saturated heterocycles. The van der Waals surface area contributed by atoms with Crippen LogP contribution >= 0.6 is 0 Å². The molecule has 1 N–H and O–H groups in total. The van der Waals surface area contributed by atoms with Gasteiger partial charge >= 0.3 is 0 Å². The van der Waals surface area contributed by atoms with Crippen molar-refractivity contribution in [2.45, 2.75) is 19.9 Å². The monoisotopic (exact) mass is 397 g/mol. The van der Waals surface area contributed by atoms with Gasteiger partial charge in [0.1, 0.15) is 5.75 Å². The Kier molecular flexibility index (Phi) is 5.44. The predicted octanol–water partition coefficient (Wildman–Crippen LogP) is 5.10. The van der Waals surface area contributed by atoms with E-state index in [1.165, 1.54) is 0 Å². The standard InChI is InChI=1S/C25H23N3O2/c1-16(18-6-8-19(9-7-18)20-10-12-22(30-3)13-11-20)28-25(29)23-15-21-5-4-14-26-24(21)27-17(23)2/h4-16H,1-3H3,(H,28,29). The molecule has 2 aromatic carbocycles. The van der Waals surface area contributed by atoms with E-state index in [1.807, 2.05) is 68.4 Å². The Morgan fingerprint density at radius 1 is 1.00 bits per heavy atom. The summed E-state index contributed by atoms with van der Waals surface area (Å²) < 4.78 is 5.21. The van der Waals surface area contributed by atoms with Crippen LogP contribution in [0.4, 0.5) is 0 Å². The Balaban J connectivity index is 1.50. The number of benzene rings is 2. The van der Waals surface area contributed by atoms with Crippen molar-refractivity contribution in [3.05, 3.63) is 89.7 Å². The SMILES string of the molecule is COc1ccc(-c2ccc(C(C)NC(=O)c3cc4cccnc4nc3C)cc2)cc1. The summed E-state index contributed by atoms with van der Waals surface area (Å²) >= 11 is 0. The summed E-state index contributed by atoms with van der Waals surface area (Å²) in [6.07, 6.45) is 1.70. The van der Waals surface area contributed by atoms with Gasteiger partial charge < -0.3 is 10.1 Å². The third-order valence-corrected chi connectivity index (χ3v) is 5.21. The maximum Gasteiger partial charge on any atom is 0.253 e. The fourth-order valence-corrected chi connectivity index (χ4v) is 3.43. The lowest BCUT2D eigenvalue weighted by Crippen LogP contribution is -2.27. The first-order chi connectivity index (χ1) is 14.5. The van der Waals surface area contributed by atoms with E-state index < -0.39 is 0 Å². The lowest BCUT2D eigenvalue weighted by atomic mass is 10.0. The zero-order chi connectivity index (χ0) is 21.1. The molecule has 4 aromatic rings. The molecule has 0 radical (unpaired) electrons. The molecule has 2 aromatic heterocycles. The summed E-state index contributed by atoms with van der Waals surface area (Å²) in [5.41, 5.74) is 5.15. The molecule has 0 saturated carbocycles. The molecule has 150 valence electrons. The molecule has 0 aliphatic carbocycles. The molecule has 5 heteroatoms. The second-order valence-corrected chi connectivity index (χ2v) is 7.22. The number of ether oxygens (including phenoxy) is 1. The lowest BCUT2D eigenvalue weighted by molar-refractivity contribution is 0.0939. The molecule has 0 aliphatic heterocycles. The van der Waals surface area contributed by atoms with Gasteiger partial charge in [0.25, 0.3) is 5.91 Å². The number of carbonyl (C=O) groups is 1. The van der Waals surface area contributed by atoms with Crippen molar-refractivity contribution in [1.82, 2.24) is 15.3 Å². The molecule has 0 bridgehead atoms. The van der Waals surface area contributed by atoms with Gasteiger partial charge in [-0.2, -0.15) is 0 Å². The van der Waals surface area contributed by atoms with E-state index >= 15 is 0 Å². The van der Waals surface area contributed by atoms with Crippen molar-refractivity contribution in [3.63, 3.8) is 0 Å². The van der Waals surface area contributed by atoms with Gasteiger partial charge in [-0.15, -0.1) is 0 Å². The first-order valence-corrected chi connectivity index (χ1v) is 9.83. The molecule has 4 rings (SSSR count). The molecule has 5 nitrogen and oxygen atoms in total. The number of aryl methyl sites for hydroxylation is 1. The van der Waals surface area contributed by atoms with Crippen LogP contribution in [0.2, 0.25) is 0 Å². The van der Waals surface area contributed by atoms with Crippen LogP contribution < -0.4 is 10.1 Å². The highest BCUT2D eigenvalue weighted by Gasteiger charge is 2.15. The molecule has 1 atom stereocenters. The molecule has 0 aliphatic rings. The molecule has 30 heavy (non-hydrogen) atoms. The summed E-state index contributed by atoms with van der Waals surface area (Å²) in [6.45, 7) is 3.81. The van der Waals surface area contributed by atoms with Crippen molar-refractivity contribution in [1.29, 1.82) is 0 Å². The van der Waals surface area contributed by atoms with Crippen LogP contribution in [0.15, 0.2) is 72.9 Å². The average molecular weight is 397 g/mol. The predicted molar refractivity (Wildman–Crippen MR) is 119 cm³/mol. The Labute approximate surface area is 175 Å². The molecule has 0 spiro atoms. The van der Waals surface area contributed by atoms with Gasteiger partial charge in [0.05, 0.1) is 24.4 Å². The van der Waals surface area contributed by atoms with Crippen molar-refractivity contribution in [3.8, 4) is 16.9 Å². The van der Waals surface area contributed by atoms with Crippen molar-refractivity contribution in [2.75, 3.05) is 7.11 Å². The molecule has 2 heterocycles. The van der Waals surface area contributed by atoms with Crippen molar-refractivity contribution >= 4 is 16.9 Å². The average Bonchev–Trinajstić information content (AvgIpc) is 2.78. The van der Waals surface area contributed by atoms with Gasteiger partial charge in [-0.1, -0.05) is 36.4 Å². The van der Waals surface area contributed by atoms with Gasteiger partial charge in [0.2, 0.25) is 0 Å². The van der Waals surface area contributed by atoms with Gasteiger partial charge in [-0.3, -0.25) is 4.79 Å². The van der Waals surface area contributed by atoms with E-state index in [9.17, 15) is 4.79 Å². The number of nitrogens with zero attached hydrogens (tertiary/aromatic N) is 2. The summed E-state index contributed by atoms with van der Waals surface area (Å²) in [7, 11) is 1.66. The number of hydrogen-bond donors (Lipinski definition) is 1. The smallest absolute Gasteiger partial charge is 0.253 e. The maximum absolute atomic E-state index is 12.9. The minimum absolute atomic E-state index is 0.133. The molecule has 1 amide bonds. The second kappa shape index (κ2) is 8.33. The van der Waals surface area contributed by atoms with Crippen LogP contribution in [0.25, 0.3) is 22.2 Å². The molecular weight excluding hydrogens is 374 g/mol. The normalized spacial score (nSPS) is 11.8. The van der Waals surface area contributed by atoms with E-state index in [4.69, 9.17) is 4.74 Å². The topological polar surface area (TPSA) is 64.1 Å². The van der Waals surface area contributed by atoms with E-state index in [1.54, 1.807) is 13.3 Å². The van der Waals surface area contributed by atoms with Gasteiger partial charge in [-0.05, 0) is 60.9 Å². The Morgan fingerprint density at radius 3 is 2.33 bits per heavy atom. The van der Waals surface area contributed by atoms with Crippen LogP contribution in [-0.4, -0.2) is 23.0 Å². The number of amides is 1.